The van der Waals surface area contributed by atoms with E-state index in [-0.39, 0.29) is 23.7 Å². The summed E-state index contributed by atoms with van der Waals surface area (Å²) in [7, 11) is 1.43. The van der Waals surface area contributed by atoms with Crippen LogP contribution in [-0.2, 0) is 11.4 Å². The highest BCUT2D eigenvalue weighted by Gasteiger charge is 2.15. The standard InChI is InChI=1S/C24H17BrF2N2O3/c1-31-22-12-15(10-17(13-28)24(30)29-21-9-5-4-8-20(21)27)11-18(25)23(22)32-14-16-6-2-3-7-19(16)26/h2-12H,14H2,1H3,(H,29,30)/b17-10-. The number of carbonyl (C=O) groups is 1. The number of para-hydroxylation sites is 1. The van der Waals surface area contributed by atoms with Crippen LogP contribution in [0.15, 0.2) is 70.7 Å². The van der Waals surface area contributed by atoms with E-state index >= 15 is 0 Å². The van der Waals surface area contributed by atoms with Crippen LogP contribution in [-0.4, -0.2) is 13.0 Å². The van der Waals surface area contributed by atoms with Gasteiger partial charge < -0.3 is 14.8 Å². The van der Waals surface area contributed by atoms with Crippen molar-refractivity contribution in [1.82, 2.24) is 0 Å². The highest BCUT2D eigenvalue weighted by Crippen LogP contribution is 2.38. The Balaban J connectivity index is 1.84. The molecule has 3 aromatic rings. The highest BCUT2D eigenvalue weighted by atomic mass is 79.9. The van der Waals surface area contributed by atoms with E-state index in [9.17, 15) is 18.8 Å². The van der Waals surface area contributed by atoms with Gasteiger partial charge in [-0.3, -0.25) is 4.79 Å². The van der Waals surface area contributed by atoms with Crippen molar-refractivity contribution < 1.29 is 23.0 Å². The second-order valence-electron chi connectivity index (χ2n) is 6.52. The summed E-state index contributed by atoms with van der Waals surface area (Å²) in [4.78, 5) is 12.4. The van der Waals surface area contributed by atoms with Crippen molar-refractivity contribution in [3.05, 3.63) is 93.5 Å². The van der Waals surface area contributed by atoms with Crippen LogP contribution in [0.2, 0.25) is 0 Å². The van der Waals surface area contributed by atoms with Gasteiger partial charge in [0.1, 0.15) is 29.9 Å². The summed E-state index contributed by atoms with van der Waals surface area (Å²) in [5.41, 5.74) is 0.575. The number of nitriles is 1. The zero-order chi connectivity index (χ0) is 23.1. The Morgan fingerprint density at radius 3 is 2.47 bits per heavy atom. The summed E-state index contributed by atoms with van der Waals surface area (Å²) in [5.74, 6) is -1.11. The topological polar surface area (TPSA) is 71.3 Å². The van der Waals surface area contributed by atoms with Gasteiger partial charge in [-0.15, -0.1) is 0 Å². The predicted molar refractivity (Wildman–Crippen MR) is 120 cm³/mol. The van der Waals surface area contributed by atoms with Crippen LogP contribution in [0.25, 0.3) is 6.08 Å². The largest absolute Gasteiger partial charge is 0.493 e. The number of ether oxygens (including phenoxy) is 2. The summed E-state index contributed by atoms with van der Waals surface area (Å²) in [6, 6.07) is 16.9. The van der Waals surface area contributed by atoms with Crippen molar-refractivity contribution in [3.8, 4) is 17.6 Å². The van der Waals surface area contributed by atoms with Crippen molar-refractivity contribution in [3.63, 3.8) is 0 Å². The van der Waals surface area contributed by atoms with E-state index in [1.165, 1.54) is 37.5 Å². The molecule has 3 aromatic carbocycles. The molecule has 0 aliphatic heterocycles. The number of halogens is 3. The average Bonchev–Trinajstić information content (AvgIpc) is 2.78. The van der Waals surface area contributed by atoms with Crippen LogP contribution < -0.4 is 14.8 Å². The summed E-state index contributed by atoms with van der Waals surface area (Å²) in [6.45, 7) is -0.0225. The van der Waals surface area contributed by atoms with Crippen molar-refractivity contribution in [2.75, 3.05) is 12.4 Å². The third kappa shape index (κ3) is 5.50. The Labute approximate surface area is 192 Å². The lowest BCUT2D eigenvalue weighted by Crippen LogP contribution is -2.14. The number of rotatable bonds is 7. The molecule has 0 aliphatic rings. The molecule has 0 saturated carbocycles. The van der Waals surface area contributed by atoms with Gasteiger partial charge in [-0.25, -0.2) is 8.78 Å². The number of nitrogens with one attached hydrogen (secondary N) is 1. The van der Waals surface area contributed by atoms with Gasteiger partial charge in [0.15, 0.2) is 11.5 Å². The van der Waals surface area contributed by atoms with Crippen LogP contribution in [0.4, 0.5) is 14.5 Å². The van der Waals surface area contributed by atoms with Gasteiger partial charge in [0.2, 0.25) is 0 Å². The lowest BCUT2D eigenvalue weighted by molar-refractivity contribution is -0.112. The van der Waals surface area contributed by atoms with E-state index in [4.69, 9.17) is 9.47 Å². The van der Waals surface area contributed by atoms with Crippen LogP contribution >= 0.6 is 15.9 Å². The van der Waals surface area contributed by atoms with Crippen LogP contribution in [0.3, 0.4) is 0 Å². The van der Waals surface area contributed by atoms with Crippen molar-refractivity contribution in [2.24, 2.45) is 0 Å². The molecule has 0 bridgehead atoms. The zero-order valence-electron chi connectivity index (χ0n) is 16.9. The first-order valence-electron chi connectivity index (χ1n) is 9.34. The number of benzene rings is 3. The molecule has 0 saturated heterocycles. The van der Waals surface area contributed by atoms with Gasteiger partial charge in [0, 0.05) is 5.56 Å². The number of methoxy groups -OCH3 is 1. The molecule has 3 rings (SSSR count). The highest BCUT2D eigenvalue weighted by molar-refractivity contribution is 9.10. The number of hydrogen-bond acceptors (Lipinski definition) is 4. The number of nitrogens with zero attached hydrogens (tertiary/aromatic N) is 1. The lowest BCUT2D eigenvalue weighted by Gasteiger charge is -2.14. The number of amides is 1. The maximum Gasteiger partial charge on any atom is 0.266 e. The Kier molecular flexibility index (Phi) is 7.58. The SMILES string of the molecule is COc1cc(/C=C(/C#N)C(=O)Nc2ccccc2F)cc(Br)c1OCc1ccccc1F. The van der Waals surface area contributed by atoms with Crippen LogP contribution in [0.1, 0.15) is 11.1 Å². The first-order chi connectivity index (χ1) is 15.4. The van der Waals surface area contributed by atoms with E-state index in [0.717, 1.165) is 0 Å². The molecule has 1 amide bonds. The molecule has 0 fully saturated rings. The predicted octanol–water partition coefficient (Wildman–Crippen LogP) is 5.86. The Bertz CT molecular complexity index is 1220. The Morgan fingerprint density at radius 2 is 1.81 bits per heavy atom. The maximum atomic E-state index is 13.9. The fourth-order valence-electron chi connectivity index (χ4n) is 2.80. The monoisotopic (exact) mass is 498 g/mol. The first kappa shape index (κ1) is 23.0. The summed E-state index contributed by atoms with van der Waals surface area (Å²) in [5, 5.41) is 11.8. The normalized spacial score (nSPS) is 10.9. The number of hydrogen-bond donors (Lipinski definition) is 1. The summed E-state index contributed by atoms with van der Waals surface area (Å²) in [6.07, 6.45) is 1.34. The molecular weight excluding hydrogens is 482 g/mol. The van der Waals surface area contributed by atoms with E-state index in [1.807, 2.05) is 6.07 Å². The molecule has 0 unspecified atom stereocenters. The zero-order valence-corrected chi connectivity index (χ0v) is 18.4. The quantitative estimate of drug-likeness (QED) is 0.327. The van der Waals surface area contributed by atoms with Crippen LogP contribution in [0, 0.1) is 23.0 Å². The molecule has 1 N–H and O–H groups in total. The van der Waals surface area contributed by atoms with E-state index in [2.05, 4.69) is 21.2 Å². The average molecular weight is 499 g/mol. The van der Waals surface area contributed by atoms with Crippen molar-refractivity contribution in [1.29, 1.82) is 5.26 Å². The van der Waals surface area contributed by atoms with Gasteiger partial charge >= 0.3 is 0 Å². The minimum atomic E-state index is -0.757. The minimum Gasteiger partial charge on any atom is -0.493 e. The van der Waals surface area contributed by atoms with Gasteiger partial charge in [0.25, 0.3) is 5.91 Å². The third-order valence-corrected chi connectivity index (χ3v) is 4.97. The van der Waals surface area contributed by atoms with Gasteiger partial charge in [-0.1, -0.05) is 30.3 Å². The van der Waals surface area contributed by atoms with E-state index in [0.29, 0.717) is 27.1 Å². The van der Waals surface area contributed by atoms with E-state index in [1.54, 1.807) is 36.4 Å². The molecule has 0 spiro atoms. The number of carbonyl (C=O) groups excluding carboxylic acids is 1. The maximum absolute atomic E-state index is 13.9. The molecule has 0 aliphatic carbocycles. The van der Waals surface area contributed by atoms with Crippen LogP contribution in [0.5, 0.6) is 11.5 Å². The minimum absolute atomic E-state index is 0.0225. The number of anilines is 1. The fraction of sp³-hybridized carbons (Fsp3) is 0.0833. The lowest BCUT2D eigenvalue weighted by atomic mass is 10.1. The molecule has 5 nitrogen and oxygen atoms in total. The third-order valence-electron chi connectivity index (χ3n) is 4.38. The molecular formula is C24H17BrF2N2O3. The molecule has 0 aromatic heterocycles. The Morgan fingerprint density at radius 1 is 1.12 bits per heavy atom. The smallest absolute Gasteiger partial charge is 0.266 e. The van der Waals surface area contributed by atoms with Gasteiger partial charge in [-0.05, 0) is 57.9 Å². The van der Waals surface area contributed by atoms with Crippen molar-refractivity contribution in [2.45, 2.75) is 6.61 Å². The second kappa shape index (κ2) is 10.6. The molecule has 8 heteroatoms. The summed E-state index contributed by atoms with van der Waals surface area (Å²) < 4.78 is 39.2. The van der Waals surface area contributed by atoms with E-state index < -0.39 is 11.7 Å². The Hall–Kier alpha value is -3.70. The molecule has 162 valence electrons. The molecule has 32 heavy (non-hydrogen) atoms. The summed E-state index contributed by atoms with van der Waals surface area (Å²) >= 11 is 3.38. The van der Waals surface area contributed by atoms with Gasteiger partial charge in [0.05, 0.1) is 17.3 Å². The molecule has 0 radical (unpaired) electrons. The first-order valence-corrected chi connectivity index (χ1v) is 10.1. The molecule has 0 heterocycles. The van der Waals surface area contributed by atoms with Crippen molar-refractivity contribution >= 4 is 33.6 Å². The molecule has 0 atom stereocenters. The second-order valence-corrected chi connectivity index (χ2v) is 7.37. The van der Waals surface area contributed by atoms with Gasteiger partial charge in [-0.2, -0.15) is 5.26 Å². The fourth-order valence-corrected chi connectivity index (χ4v) is 3.37.